The first-order chi connectivity index (χ1) is 15.3. The third-order valence-electron chi connectivity index (χ3n) is 5.36. The molecule has 166 valence electrons. The first kappa shape index (κ1) is 22.2. The number of carbonyl (C=O) groups is 1. The molecule has 0 spiro atoms. The first-order valence-electron chi connectivity index (χ1n) is 10.2. The normalized spacial score (nSPS) is 14.3. The molecule has 1 fully saturated rings. The van der Waals surface area contributed by atoms with Crippen LogP contribution in [-0.4, -0.2) is 32.1 Å². The molecular formula is C24H21ClF3N3O. The van der Waals surface area contributed by atoms with Gasteiger partial charge in [-0.15, -0.1) is 0 Å². The van der Waals surface area contributed by atoms with Gasteiger partial charge in [0, 0.05) is 48.1 Å². The van der Waals surface area contributed by atoms with E-state index < -0.39 is 11.7 Å². The summed E-state index contributed by atoms with van der Waals surface area (Å²) in [7, 11) is 0. The molecule has 1 heterocycles. The smallest absolute Gasteiger partial charge is 0.369 e. The molecule has 1 amide bonds. The summed E-state index contributed by atoms with van der Waals surface area (Å²) in [5, 5.41) is 6.56. The summed E-state index contributed by atoms with van der Waals surface area (Å²) in [6.07, 6.45) is -4.43. The van der Waals surface area contributed by atoms with E-state index >= 15 is 0 Å². The number of carbonyl (C=O) groups excluding carboxylic acids is 1. The predicted octanol–water partition coefficient (Wildman–Crippen LogP) is 5.69. The van der Waals surface area contributed by atoms with Crippen LogP contribution < -0.4 is 15.5 Å². The topological polar surface area (TPSA) is 44.4 Å². The maximum absolute atomic E-state index is 13.0. The number of anilines is 2. The average molecular weight is 460 g/mol. The molecule has 4 rings (SSSR count). The molecule has 0 radical (unpaired) electrons. The van der Waals surface area contributed by atoms with Gasteiger partial charge in [-0.2, -0.15) is 13.2 Å². The Morgan fingerprint density at radius 1 is 0.938 bits per heavy atom. The van der Waals surface area contributed by atoms with Gasteiger partial charge >= 0.3 is 6.18 Å². The van der Waals surface area contributed by atoms with Crippen molar-refractivity contribution in [2.75, 3.05) is 36.4 Å². The van der Waals surface area contributed by atoms with E-state index in [2.05, 4.69) is 15.5 Å². The molecule has 0 atom stereocenters. The molecule has 3 aromatic carbocycles. The molecule has 0 bridgehead atoms. The Balaban J connectivity index is 1.55. The fourth-order valence-electron chi connectivity index (χ4n) is 3.67. The second kappa shape index (κ2) is 9.22. The first-order valence-corrected chi connectivity index (χ1v) is 10.5. The zero-order valence-corrected chi connectivity index (χ0v) is 17.8. The summed E-state index contributed by atoms with van der Waals surface area (Å²) in [6.45, 7) is 3.71. The fourth-order valence-corrected chi connectivity index (χ4v) is 3.84. The standard InChI is InChI=1S/C24H21ClF3N3O/c25-18-5-10-21(22(15-18)16-1-3-17(4-2-16)24(26,27)28)23(32)30-19-6-8-20(9-7-19)31-13-11-29-12-14-31/h1-10,15,29H,11-14H2,(H,30,32). The summed E-state index contributed by atoms with van der Waals surface area (Å²) >= 11 is 6.11. The van der Waals surface area contributed by atoms with E-state index in [0.29, 0.717) is 27.4 Å². The van der Waals surface area contributed by atoms with E-state index in [9.17, 15) is 18.0 Å². The summed E-state index contributed by atoms with van der Waals surface area (Å²) in [5.74, 6) is -0.369. The lowest BCUT2D eigenvalue weighted by molar-refractivity contribution is -0.137. The minimum absolute atomic E-state index is 0.320. The molecule has 1 saturated heterocycles. The van der Waals surface area contributed by atoms with Crippen LogP contribution in [0.1, 0.15) is 15.9 Å². The van der Waals surface area contributed by atoms with Crippen molar-refractivity contribution in [1.82, 2.24) is 5.32 Å². The molecule has 0 aromatic heterocycles. The highest BCUT2D eigenvalue weighted by Gasteiger charge is 2.30. The lowest BCUT2D eigenvalue weighted by atomic mass is 9.98. The number of alkyl halides is 3. The van der Waals surface area contributed by atoms with Gasteiger partial charge in [0.2, 0.25) is 0 Å². The van der Waals surface area contributed by atoms with E-state index in [1.807, 2.05) is 24.3 Å². The lowest BCUT2D eigenvalue weighted by Crippen LogP contribution is -2.43. The quantitative estimate of drug-likeness (QED) is 0.527. The van der Waals surface area contributed by atoms with Crippen LogP contribution >= 0.6 is 11.6 Å². The lowest BCUT2D eigenvalue weighted by Gasteiger charge is -2.29. The van der Waals surface area contributed by atoms with Gasteiger partial charge < -0.3 is 15.5 Å². The number of rotatable bonds is 4. The monoisotopic (exact) mass is 459 g/mol. The zero-order valence-electron chi connectivity index (χ0n) is 17.0. The third kappa shape index (κ3) is 5.06. The highest BCUT2D eigenvalue weighted by atomic mass is 35.5. The maximum atomic E-state index is 13.0. The Morgan fingerprint density at radius 3 is 2.22 bits per heavy atom. The van der Waals surface area contributed by atoms with Crippen LogP contribution in [0, 0.1) is 0 Å². The molecule has 1 aliphatic heterocycles. The Hall–Kier alpha value is -3.03. The SMILES string of the molecule is O=C(Nc1ccc(N2CCNCC2)cc1)c1ccc(Cl)cc1-c1ccc(C(F)(F)F)cc1. The minimum atomic E-state index is -4.43. The summed E-state index contributed by atoms with van der Waals surface area (Å²) in [6, 6.07) is 17.0. The van der Waals surface area contributed by atoms with Crippen molar-refractivity contribution >= 4 is 28.9 Å². The number of hydrogen-bond donors (Lipinski definition) is 2. The van der Waals surface area contributed by atoms with E-state index in [0.717, 1.165) is 44.0 Å². The van der Waals surface area contributed by atoms with Crippen LogP contribution in [0.15, 0.2) is 66.7 Å². The molecule has 0 aliphatic carbocycles. The van der Waals surface area contributed by atoms with E-state index in [-0.39, 0.29) is 5.91 Å². The second-order valence-corrected chi connectivity index (χ2v) is 7.94. The largest absolute Gasteiger partial charge is 0.416 e. The Bertz CT molecular complexity index is 1090. The van der Waals surface area contributed by atoms with Crippen LogP contribution in [0.4, 0.5) is 24.5 Å². The van der Waals surface area contributed by atoms with Crippen molar-refractivity contribution < 1.29 is 18.0 Å². The van der Waals surface area contributed by atoms with Crippen molar-refractivity contribution in [3.05, 3.63) is 82.9 Å². The van der Waals surface area contributed by atoms with Gasteiger partial charge in [-0.05, 0) is 65.7 Å². The number of benzene rings is 3. The van der Waals surface area contributed by atoms with Crippen molar-refractivity contribution in [2.45, 2.75) is 6.18 Å². The maximum Gasteiger partial charge on any atom is 0.416 e. The van der Waals surface area contributed by atoms with Gasteiger partial charge in [-0.3, -0.25) is 4.79 Å². The van der Waals surface area contributed by atoms with Gasteiger partial charge in [0.1, 0.15) is 0 Å². The Kier molecular flexibility index (Phi) is 6.39. The zero-order chi connectivity index (χ0) is 22.7. The number of nitrogens with zero attached hydrogens (tertiary/aromatic N) is 1. The van der Waals surface area contributed by atoms with Crippen molar-refractivity contribution in [3.8, 4) is 11.1 Å². The average Bonchev–Trinajstić information content (AvgIpc) is 2.79. The van der Waals surface area contributed by atoms with Gasteiger partial charge in [0.05, 0.1) is 5.56 Å². The van der Waals surface area contributed by atoms with Crippen molar-refractivity contribution in [2.24, 2.45) is 0 Å². The molecular weight excluding hydrogens is 439 g/mol. The second-order valence-electron chi connectivity index (χ2n) is 7.50. The molecule has 1 aliphatic rings. The van der Waals surface area contributed by atoms with E-state index in [4.69, 9.17) is 11.6 Å². The molecule has 0 unspecified atom stereocenters. The van der Waals surface area contributed by atoms with Gasteiger partial charge in [0.15, 0.2) is 0 Å². The number of halogens is 4. The van der Waals surface area contributed by atoms with E-state index in [1.165, 1.54) is 12.1 Å². The third-order valence-corrected chi connectivity index (χ3v) is 5.59. The fraction of sp³-hybridized carbons (Fsp3) is 0.208. The Morgan fingerprint density at radius 2 is 1.59 bits per heavy atom. The van der Waals surface area contributed by atoms with Crippen molar-refractivity contribution in [1.29, 1.82) is 0 Å². The molecule has 32 heavy (non-hydrogen) atoms. The molecule has 2 N–H and O–H groups in total. The predicted molar refractivity (Wildman–Crippen MR) is 121 cm³/mol. The van der Waals surface area contributed by atoms with E-state index in [1.54, 1.807) is 18.2 Å². The highest BCUT2D eigenvalue weighted by molar-refractivity contribution is 6.31. The Labute approximate surface area is 189 Å². The van der Waals surface area contributed by atoms with Gasteiger partial charge in [-0.1, -0.05) is 23.7 Å². The summed E-state index contributed by atoms with van der Waals surface area (Å²) in [5.41, 5.74) is 2.21. The minimum Gasteiger partial charge on any atom is -0.369 e. The number of piperazine rings is 1. The van der Waals surface area contributed by atoms with Crippen molar-refractivity contribution in [3.63, 3.8) is 0 Å². The highest BCUT2D eigenvalue weighted by Crippen LogP contribution is 2.33. The molecule has 0 saturated carbocycles. The number of hydrogen-bond acceptors (Lipinski definition) is 3. The molecule has 3 aromatic rings. The molecule has 8 heteroatoms. The molecule has 4 nitrogen and oxygen atoms in total. The van der Waals surface area contributed by atoms with Crippen LogP contribution in [0.3, 0.4) is 0 Å². The summed E-state index contributed by atoms with van der Waals surface area (Å²) < 4.78 is 38.7. The number of amides is 1. The van der Waals surface area contributed by atoms with Crippen LogP contribution in [0.2, 0.25) is 5.02 Å². The van der Waals surface area contributed by atoms with Gasteiger partial charge in [-0.25, -0.2) is 0 Å². The van der Waals surface area contributed by atoms with Crippen LogP contribution in [0.25, 0.3) is 11.1 Å². The van der Waals surface area contributed by atoms with Gasteiger partial charge in [0.25, 0.3) is 5.91 Å². The van der Waals surface area contributed by atoms with Crippen LogP contribution in [0.5, 0.6) is 0 Å². The van der Waals surface area contributed by atoms with Crippen LogP contribution in [-0.2, 0) is 6.18 Å². The number of nitrogens with one attached hydrogen (secondary N) is 2. The summed E-state index contributed by atoms with van der Waals surface area (Å²) in [4.78, 5) is 15.2.